The van der Waals surface area contributed by atoms with Gasteiger partial charge in [-0.05, 0) is 31.2 Å². The van der Waals surface area contributed by atoms with Gasteiger partial charge >= 0.3 is 0 Å². The number of oxazole rings is 1. The highest BCUT2D eigenvalue weighted by molar-refractivity contribution is 7.91. The van der Waals surface area contributed by atoms with E-state index in [0.717, 1.165) is 5.06 Å². The molecule has 2 heterocycles. The Morgan fingerprint density at radius 3 is 2.72 bits per heavy atom. The van der Waals surface area contributed by atoms with Gasteiger partial charge in [0.05, 0.1) is 36.8 Å². The molecule has 1 aromatic carbocycles. The molecule has 1 amide bonds. The smallest absolute Gasteiger partial charge is 0.252 e. The minimum atomic E-state index is -3.19. The van der Waals surface area contributed by atoms with Crippen LogP contribution in [0.3, 0.4) is 0 Å². The Morgan fingerprint density at radius 2 is 2.00 bits per heavy atom. The molecule has 7 nitrogen and oxygen atoms in total. The SMILES string of the molecule is Cc1oc(-c2ccc(F)cc2)nc1CC(=O)N1CCS(=O)(=O)CCO1. The van der Waals surface area contributed by atoms with Crippen LogP contribution >= 0.6 is 0 Å². The number of hydrogen-bond acceptors (Lipinski definition) is 6. The maximum Gasteiger partial charge on any atom is 0.252 e. The Labute approximate surface area is 144 Å². The second-order valence-corrected chi connectivity index (χ2v) is 7.99. The van der Waals surface area contributed by atoms with Gasteiger partial charge in [-0.3, -0.25) is 9.63 Å². The van der Waals surface area contributed by atoms with Gasteiger partial charge in [0.25, 0.3) is 5.91 Å². The highest BCUT2D eigenvalue weighted by Crippen LogP contribution is 2.22. The molecule has 25 heavy (non-hydrogen) atoms. The molecule has 1 aliphatic rings. The average Bonchev–Trinajstić information content (AvgIpc) is 2.81. The largest absolute Gasteiger partial charge is 0.441 e. The third kappa shape index (κ3) is 4.23. The summed E-state index contributed by atoms with van der Waals surface area (Å²) in [6.07, 6.45) is -0.0728. The zero-order valence-electron chi connectivity index (χ0n) is 13.6. The topological polar surface area (TPSA) is 89.7 Å². The van der Waals surface area contributed by atoms with E-state index in [1.54, 1.807) is 6.92 Å². The molecule has 3 rings (SSSR count). The summed E-state index contributed by atoms with van der Waals surface area (Å²) in [5.41, 5.74) is 1.03. The normalized spacial score (nSPS) is 17.3. The summed E-state index contributed by atoms with van der Waals surface area (Å²) in [5.74, 6) is -0.226. The molecular formula is C16H17FN2O5S. The molecule has 9 heteroatoms. The summed E-state index contributed by atoms with van der Waals surface area (Å²) < 4.78 is 41.7. The molecule has 0 N–H and O–H groups in total. The van der Waals surface area contributed by atoms with Crippen LogP contribution < -0.4 is 0 Å². The van der Waals surface area contributed by atoms with Crippen LogP contribution in [0.1, 0.15) is 11.5 Å². The van der Waals surface area contributed by atoms with Crippen LogP contribution in [0, 0.1) is 12.7 Å². The number of nitrogens with zero attached hydrogens (tertiary/aromatic N) is 2. The number of benzene rings is 1. The number of carbonyl (C=O) groups is 1. The zero-order chi connectivity index (χ0) is 18.0. The highest BCUT2D eigenvalue weighted by atomic mass is 32.2. The lowest BCUT2D eigenvalue weighted by Crippen LogP contribution is -2.34. The number of halogens is 1. The van der Waals surface area contributed by atoms with Gasteiger partial charge in [0.15, 0.2) is 9.84 Å². The Bertz CT molecular complexity index is 876. The molecule has 0 aliphatic carbocycles. The van der Waals surface area contributed by atoms with E-state index < -0.39 is 9.84 Å². The quantitative estimate of drug-likeness (QED) is 0.816. The summed E-state index contributed by atoms with van der Waals surface area (Å²) in [7, 11) is -3.19. The van der Waals surface area contributed by atoms with Crippen molar-refractivity contribution in [3.8, 4) is 11.5 Å². The Balaban J connectivity index is 1.72. The van der Waals surface area contributed by atoms with E-state index in [4.69, 9.17) is 9.25 Å². The second kappa shape index (κ2) is 6.93. The van der Waals surface area contributed by atoms with Crippen molar-refractivity contribution in [2.24, 2.45) is 0 Å². The van der Waals surface area contributed by atoms with Crippen molar-refractivity contribution in [2.75, 3.05) is 24.7 Å². The fraction of sp³-hybridized carbons (Fsp3) is 0.375. The molecule has 1 saturated heterocycles. The molecule has 0 atom stereocenters. The van der Waals surface area contributed by atoms with Gasteiger partial charge in [0.2, 0.25) is 5.89 Å². The minimum absolute atomic E-state index is 0.0110. The van der Waals surface area contributed by atoms with Crippen molar-refractivity contribution in [3.63, 3.8) is 0 Å². The maximum absolute atomic E-state index is 13.0. The molecule has 0 radical (unpaired) electrons. The van der Waals surface area contributed by atoms with E-state index in [2.05, 4.69) is 4.98 Å². The maximum atomic E-state index is 13.0. The molecule has 1 aliphatic heterocycles. The van der Waals surface area contributed by atoms with Crippen LogP contribution in [0.2, 0.25) is 0 Å². The van der Waals surface area contributed by atoms with Gasteiger partial charge in [-0.15, -0.1) is 0 Å². The van der Waals surface area contributed by atoms with Crippen LogP contribution in [-0.4, -0.2) is 49.0 Å². The van der Waals surface area contributed by atoms with E-state index in [1.807, 2.05) is 0 Å². The first-order chi connectivity index (χ1) is 11.8. The number of hydroxylamine groups is 2. The molecule has 0 spiro atoms. The van der Waals surface area contributed by atoms with E-state index in [9.17, 15) is 17.6 Å². The van der Waals surface area contributed by atoms with Gasteiger partial charge in [0.1, 0.15) is 11.6 Å². The summed E-state index contributed by atoms with van der Waals surface area (Å²) in [6, 6.07) is 5.67. The number of hydrogen-bond donors (Lipinski definition) is 0. The van der Waals surface area contributed by atoms with Crippen molar-refractivity contribution in [1.29, 1.82) is 0 Å². The number of aromatic nitrogens is 1. The fourth-order valence-corrected chi connectivity index (χ4v) is 3.38. The first kappa shape index (κ1) is 17.6. The van der Waals surface area contributed by atoms with Gasteiger partial charge < -0.3 is 4.42 Å². The number of rotatable bonds is 3. The number of sulfone groups is 1. The molecule has 1 fully saturated rings. The van der Waals surface area contributed by atoms with Gasteiger partial charge in [-0.25, -0.2) is 22.9 Å². The third-order valence-electron chi connectivity index (χ3n) is 3.83. The third-order valence-corrected chi connectivity index (χ3v) is 5.42. The Kier molecular flexibility index (Phi) is 4.87. The molecule has 0 saturated carbocycles. The summed E-state index contributed by atoms with van der Waals surface area (Å²) >= 11 is 0. The minimum Gasteiger partial charge on any atom is -0.441 e. The Morgan fingerprint density at radius 1 is 1.28 bits per heavy atom. The van der Waals surface area contributed by atoms with Gasteiger partial charge in [-0.1, -0.05) is 0 Å². The van der Waals surface area contributed by atoms with E-state index in [0.29, 0.717) is 22.9 Å². The molecule has 0 bridgehead atoms. The van der Waals surface area contributed by atoms with E-state index >= 15 is 0 Å². The summed E-state index contributed by atoms with van der Waals surface area (Å²) in [6.45, 7) is 1.62. The summed E-state index contributed by atoms with van der Waals surface area (Å²) in [5, 5.41) is 1.07. The first-order valence-electron chi connectivity index (χ1n) is 7.70. The van der Waals surface area contributed by atoms with Crippen LogP contribution in [0.15, 0.2) is 28.7 Å². The van der Waals surface area contributed by atoms with E-state index in [-0.39, 0.29) is 42.8 Å². The van der Waals surface area contributed by atoms with Crippen LogP contribution in [0.5, 0.6) is 0 Å². The molecule has 2 aromatic rings. The van der Waals surface area contributed by atoms with Crippen LogP contribution in [0.25, 0.3) is 11.5 Å². The number of aryl methyl sites for hydroxylation is 1. The van der Waals surface area contributed by atoms with Gasteiger partial charge in [0, 0.05) is 5.56 Å². The average molecular weight is 368 g/mol. The van der Waals surface area contributed by atoms with Crippen molar-refractivity contribution in [2.45, 2.75) is 13.3 Å². The predicted molar refractivity (Wildman–Crippen MR) is 86.7 cm³/mol. The number of amides is 1. The first-order valence-corrected chi connectivity index (χ1v) is 9.52. The Hall–Kier alpha value is -2.26. The van der Waals surface area contributed by atoms with Gasteiger partial charge in [-0.2, -0.15) is 0 Å². The molecular weight excluding hydrogens is 351 g/mol. The van der Waals surface area contributed by atoms with E-state index in [1.165, 1.54) is 24.3 Å². The monoisotopic (exact) mass is 368 g/mol. The second-order valence-electron chi connectivity index (χ2n) is 5.69. The zero-order valence-corrected chi connectivity index (χ0v) is 14.4. The summed E-state index contributed by atoms with van der Waals surface area (Å²) in [4.78, 5) is 21.9. The lowest BCUT2D eigenvalue weighted by molar-refractivity contribution is -0.181. The van der Waals surface area contributed by atoms with Crippen molar-refractivity contribution in [1.82, 2.24) is 10.0 Å². The lowest BCUT2D eigenvalue weighted by Gasteiger charge is -2.18. The lowest BCUT2D eigenvalue weighted by atomic mass is 10.2. The van der Waals surface area contributed by atoms with Crippen molar-refractivity contribution in [3.05, 3.63) is 41.5 Å². The van der Waals surface area contributed by atoms with Crippen LogP contribution in [0.4, 0.5) is 4.39 Å². The number of carbonyl (C=O) groups excluding carboxylic acids is 1. The molecule has 0 unspecified atom stereocenters. The fourth-order valence-electron chi connectivity index (χ4n) is 2.40. The van der Waals surface area contributed by atoms with Crippen LogP contribution in [-0.2, 0) is 25.9 Å². The standard InChI is InChI=1S/C16H17FN2O5S/c1-11-14(18-16(24-11)12-2-4-13(17)5-3-12)10-15(20)19-6-8-25(21,22)9-7-23-19/h2-5H,6-10H2,1H3. The molecule has 1 aromatic heterocycles. The van der Waals surface area contributed by atoms with Crippen molar-refractivity contribution >= 4 is 15.7 Å². The predicted octanol–water partition coefficient (Wildman–Crippen LogP) is 1.52. The van der Waals surface area contributed by atoms with Crippen molar-refractivity contribution < 1.29 is 26.9 Å². The highest BCUT2D eigenvalue weighted by Gasteiger charge is 2.25. The molecule has 134 valence electrons.